The molecule has 5 rings (SSSR count). The molecular weight excluding hydrogens is 686 g/mol. The number of pyridine rings is 1. The minimum atomic E-state index is -0.973. The number of carbonyl (C=O) groups is 1. The van der Waals surface area contributed by atoms with Crippen molar-refractivity contribution >= 4 is 59.4 Å². The van der Waals surface area contributed by atoms with Gasteiger partial charge in [0.1, 0.15) is 16.9 Å². The summed E-state index contributed by atoms with van der Waals surface area (Å²) < 4.78 is 29.4. The van der Waals surface area contributed by atoms with Gasteiger partial charge in [-0.15, -0.1) is 0 Å². The Morgan fingerprint density at radius 2 is 1.84 bits per heavy atom. The Hall–Kier alpha value is -2.98. The number of benzene rings is 2. The van der Waals surface area contributed by atoms with Crippen LogP contribution in [0, 0.1) is 5.92 Å². The maximum absolute atomic E-state index is 14.8. The molecule has 2 aromatic heterocycles. The molecule has 2 heterocycles. The quantitative estimate of drug-likeness (QED) is 0.0612. The smallest absolute Gasteiger partial charge is 0.408 e. The number of rotatable bonds is 9. The number of halogens is 2. The molecule has 232 valence electrons. The lowest BCUT2D eigenvalue weighted by Crippen LogP contribution is -2.32. The third-order valence-electron chi connectivity index (χ3n) is 8.10. The highest BCUT2D eigenvalue weighted by atomic mass is 127. The topological polar surface area (TPSA) is 64.4 Å². The first-order valence-electron chi connectivity index (χ1n) is 15.2. The Morgan fingerprint density at radius 3 is 2.55 bits per heavy atom. The van der Waals surface area contributed by atoms with Crippen LogP contribution < -0.4 is 5.32 Å². The zero-order chi connectivity index (χ0) is 31.3. The number of nitrogens with zero attached hydrogens (tertiary/aromatic N) is 1. The normalized spacial score (nSPS) is 19.0. The standard InChI is InChI=1S/C36H40FIN2O3S/c1-35(2,3)43-34(41)40-23-30-21-29-20-28(22-31(33(29)42-30)26-14-18-39-19-15-26)25-8-10-27(11-9-25)32(44)12-7-24-6-5-16-36(37,38-4)17-13-24/h8-11,14-15,18-22,24H,4-7,12-13,16-17,23H2,1-3H3,(H,40,41). The zero-order valence-corrected chi connectivity index (χ0v) is 28.6. The predicted octanol–water partition coefficient (Wildman–Crippen LogP) is 10.3. The third-order valence-corrected chi connectivity index (χ3v) is 11.0. The number of aromatic nitrogens is 1. The largest absolute Gasteiger partial charge is 0.459 e. The highest BCUT2D eigenvalue weighted by molar-refractivity contribution is 14.2. The van der Waals surface area contributed by atoms with E-state index in [9.17, 15) is 9.18 Å². The lowest BCUT2D eigenvalue weighted by atomic mass is 9.92. The van der Waals surface area contributed by atoms with Crippen molar-refractivity contribution in [3.63, 3.8) is 0 Å². The van der Waals surface area contributed by atoms with Gasteiger partial charge in [0, 0.05) is 28.2 Å². The second-order valence-corrected chi connectivity index (χ2v) is 15.8. The predicted molar refractivity (Wildman–Crippen MR) is 190 cm³/mol. The van der Waals surface area contributed by atoms with Crippen molar-refractivity contribution in [1.82, 2.24) is 10.3 Å². The van der Waals surface area contributed by atoms with Crippen LogP contribution in [0.15, 0.2) is 71.4 Å². The Bertz CT molecular complexity index is 1630. The van der Waals surface area contributed by atoms with Crippen LogP contribution in [0.2, 0.25) is 0 Å². The van der Waals surface area contributed by atoms with Gasteiger partial charge in [0.05, 0.1) is 6.54 Å². The molecule has 1 N–H and O–H groups in total. The Kier molecular flexibility index (Phi) is 10.3. The molecule has 5 nitrogen and oxygen atoms in total. The molecule has 0 aliphatic heterocycles. The summed E-state index contributed by atoms with van der Waals surface area (Å²) >= 11 is 5.22. The fraction of sp³-hybridized carbons (Fsp3) is 0.389. The number of alkyl halides is 2. The van der Waals surface area contributed by atoms with Crippen LogP contribution in [0.3, 0.4) is 0 Å². The highest BCUT2D eigenvalue weighted by Gasteiger charge is 2.30. The van der Waals surface area contributed by atoms with Gasteiger partial charge in [0.25, 0.3) is 0 Å². The number of thiocarbonyl (C=S) groups is 1. The number of fused-ring (bicyclic) bond motifs is 1. The van der Waals surface area contributed by atoms with Crippen molar-refractivity contribution in [1.29, 1.82) is 0 Å². The summed E-state index contributed by atoms with van der Waals surface area (Å²) in [6, 6.07) is 18.6. The minimum absolute atomic E-state index is 0.216. The molecule has 2 unspecified atom stereocenters. The first kappa shape index (κ1) is 32.4. The molecule has 0 radical (unpaired) electrons. The lowest BCUT2D eigenvalue weighted by Gasteiger charge is -2.19. The molecule has 1 fully saturated rings. The van der Waals surface area contributed by atoms with Gasteiger partial charge in [-0.1, -0.05) is 68.1 Å². The van der Waals surface area contributed by atoms with Crippen LogP contribution in [-0.4, -0.2) is 29.7 Å². The molecule has 1 saturated carbocycles. The summed E-state index contributed by atoms with van der Waals surface area (Å²) in [5.41, 5.74) is 5.30. The number of amides is 1. The Labute approximate surface area is 274 Å². The van der Waals surface area contributed by atoms with Crippen LogP contribution in [0.25, 0.3) is 33.2 Å². The fourth-order valence-corrected chi connectivity index (χ4v) is 7.47. The Morgan fingerprint density at radius 1 is 1.09 bits per heavy atom. The molecule has 0 bridgehead atoms. The van der Waals surface area contributed by atoms with E-state index in [1.165, 1.54) is 0 Å². The van der Waals surface area contributed by atoms with E-state index in [4.69, 9.17) is 21.4 Å². The van der Waals surface area contributed by atoms with Crippen LogP contribution in [0.4, 0.5) is 9.18 Å². The van der Waals surface area contributed by atoms with Gasteiger partial charge in [0.15, 0.2) is 3.68 Å². The van der Waals surface area contributed by atoms with Crippen LogP contribution in [-0.2, 0) is 11.3 Å². The van der Waals surface area contributed by atoms with E-state index in [2.05, 4.69) is 51.2 Å². The van der Waals surface area contributed by atoms with Crippen molar-refractivity contribution in [3.05, 3.63) is 78.3 Å². The summed E-state index contributed by atoms with van der Waals surface area (Å²) in [7, 11) is 0. The molecule has 0 spiro atoms. The van der Waals surface area contributed by atoms with Crippen LogP contribution in [0.1, 0.15) is 77.0 Å². The van der Waals surface area contributed by atoms with E-state index in [-0.39, 0.29) is 6.54 Å². The number of ether oxygens (including phenoxy) is 1. The van der Waals surface area contributed by atoms with Gasteiger partial charge in [0.2, 0.25) is 0 Å². The number of hydrogen-bond acceptors (Lipinski definition) is 5. The minimum Gasteiger partial charge on any atom is -0.459 e. The monoisotopic (exact) mass is 726 g/mol. The van der Waals surface area contributed by atoms with E-state index >= 15 is 0 Å². The average molecular weight is 727 g/mol. The summed E-state index contributed by atoms with van der Waals surface area (Å²) in [6.45, 7) is 5.71. The first-order chi connectivity index (χ1) is 21.0. The van der Waals surface area contributed by atoms with Crippen molar-refractivity contribution in [2.75, 3.05) is 0 Å². The molecule has 2 aromatic carbocycles. The molecular formula is C36H40FIN2O3S. The number of furan rings is 1. The van der Waals surface area contributed by atoms with Crippen molar-refractivity contribution in [2.45, 2.75) is 81.5 Å². The van der Waals surface area contributed by atoms with Crippen molar-refractivity contribution in [3.8, 4) is 22.3 Å². The maximum Gasteiger partial charge on any atom is 0.408 e. The summed E-state index contributed by atoms with van der Waals surface area (Å²) in [5, 5.41) is 3.73. The second-order valence-electron chi connectivity index (χ2n) is 12.6. The number of carbonyl (C=O) groups excluding carboxylic acids is 1. The molecule has 44 heavy (non-hydrogen) atoms. The zero-order valence-electron chi connectivity index (χ0n) is 25.6. The van der Waals surface area contributed by atoms with Crippen molar-refractivity contribution < 1.29 is 18.3 Å². The van der Waals surface area contributed by atoms with Crippen molar-refractivity contribution in [2.24, 2.45) is 5.92 Å². The van der Waals surface area contributed by atoms with E-state index in [0.717, 1.165) is 75.8 Å². The maximum atomic E-state index is 14.8. The molecule has 2 atom stereocenters. The van der Waals surface area contributed by atoms with Gasteiger partial charge in [-0.2, -0.15) is 0 Å². The van der Waals surface area contributed by atoms with Gasteiger partial charge in [-0.05, 0) is 118 Å². The van der Waals surface area contributed by atoms with Gasteiger partial charge >= 0.3 is 6.09 Å². The summed E-state index contributed by atoms with van der Waals surface area (Å²) in [6.07, 6.45) is 9.26. The van der Waals surface area contributed by atoms with E-state index < -0.39 is 36.1 Å². The number of nitrogens with one attached hydrogen (secondary N) is 1. The van der Waals surface area contributed by atoms with E-state index in [1.807, 2.05) is 39.0 Å². The summed E-state index contributed by atoms with van der Waals surface area (Å²) in [4.78, 5) is 17.4. The molecule has 8 heteroatoms. The highest BCUT2D eigenvalue weighted by Crippen LogP contribution is 2.42. The second kappa shape index (κ2) is 14.0. The lowest BCUT2D eigenvalue weighted by molar-refractivity contribution is 0.0520. The van der Waals surface area contributed by atoms with Crippen LogP contribution in [0.5, 0.6) is 0 Å². The number of alkyl carbamates (subject to hydrolysis) is 1. The molecule has 4 aromatic rings. The average Bonchev–Trinajstić information content (AvgIpc) is 3.33. The fourth-order valence-electron chi connectivity index (χ4n) is 5.76. The van der Waals surface area contributed by atoms with Gasteiger partial charge in [-0.25, -0.2) is 9.18 Å². The van der Waals surface area contributed by atoms with Gasteiger partial charge < -0.3 is 14.5 Å². The van der Waals surface area contributed by atoms with E-state index in [0.29, 0.717) is 24.5 Å². The third kappa shape index (κ3) is 8.38. The van der Waals surface area contributed by atoms with Gasteiger partial charge in [-0.3, -0.25) is 4.98 Å². The molecule has 0 saturated heterocycles. The Balaban J connectivity index is 1.32. The molecule has 1 aliphatic rings. The van der Waals surface area contributed by atoms with Crippen LogP contribution >= 0.6 is 32.9 Å². The summed E-state index contributed by atoms with van der Waals surface area (Å²) in [5.74, 6) is 1.18. The molecule has 1 amide bonds. The number of hydrogen-bond donors (Lipinski definition) is 1. The van der Waals surface area contributed by atoms with E-state index in [1.54, 1.807) is 12.4 Å². The first-order valence-corrected chi connectivity index (χ1v) is 18.2. The molecule has 1 aliphatic carbocycles. The SMILES string of the molecule is C=IC1(F)CCCC(CCC(=S)c2ccc(-c3cc(-c4ccncc4)c4oc(CNC(=O)OC(C)(C)C)cc4c3)cc2)CC1.